The van der Waals surface area contributed by atoms with Crippen molar-refractivity contribution in [1.29, 1.82) is 0 Å². The summed E-state index contributed by atoms with van der Waals surface area (Å²) >= 11 is 3.56. The van der Waals surface area contributed by atoms with Crippen LogP contribution in [0.1, 0.15) is 84.1 Å². The Morgan fingerprint density at radius 3 is 2.33 bits per heavy atom. The molecule has 0 saturated carbocycles. The number of amides is 1. The highest BCUT2D eigenvalue weighted by Crippen LogP contribution is 2.41. The molecule has 1 aromatic carbocycles. The molecule has 0 unspecified atom stereocenters. The molecular formula is C21H32BrNO. The summed E-state index contributed by atoms with van der Waals surface area (Å²) in [6.45, 7) is 7.46. The minimum absolute atomic E-state index is 0.0666. The molecule has 2 nitrogen and oxygen atoms in total. The third-order valence-corrected chi connectivity index (χ3v) is 5.60. The summed E-state index contributed by atoms with van der Waals surface area (Å²) in [5.74, 6) is 0.272. The molecular weight excluding hydrogens is 362 g/mol. The second kappa shape index (κ2) is 9.03. The predicted octanol–water partition coefficient (Wildman–Crippen LogP) is 6.60. The number of unbranched alkanes of at least 4 members (excludes halogenated alkanes) is 7. The lowest BCUT2D eigenvalue weighted by Crippen LogP contribution is -2.42. The number of carbonyl (C=O) groups is 1. The Labute approximate surface area is 156 Å². The van der Waals surface area contributed by atoms with Gasteiger partial charge in [-0.15, -0.1) is 0 Å². The monoisotopic (exact) mass is 393 g/mol. The number of benzene rings is 1. The van der Waals surface area contributed by atoms with Crippen LogP contribution in [0.25, 0.3) is 0 Å². The van der Waals surface area contributed by atoms with Gasteiger partial charge in [-0.3, -0.25) is 4.79 Å². The molecule has 0 spiro atoms. The highest BCUT2D eigenvalue weighted by Gasteiger charge is 2.36. The molecule has 0 bridgehead atoms. The maximum Gasteiger partial charge on any atom is 0.227 e. The van der Waals surface area contributed by atoms with E-state index in [1.807, 2.05) is 4.90 Å². The van der Waals surface area contributed by atoms with Crippen molar-refractivity contribution in [2.45, 2.75) is 84.0 Å². The topological polar surface area (TPSA) is 20.3 Å². The van der Waals surface area contributed by atoms with Crippen molar-refractivity contribution in [2.24, 2.45) is 0 Å². The number of fused-ring (bicyclic) bond motifs is 1. The SMILES string of the molecule is CCCCCCCCCCN1C(=O)CC(C)(C)c2ccc(Br)cc21. The first-order valence-electron chi connectivity index (χ1n) is 9.56. The van der Waals surface area contributed by atoms with Gasteiger partial charge in [0.05, 0.1) is 0 Å². The fraction of sp³-hybridized carbons (Fsp3) is 0.667. The fourth-order valence-corrected chi connectivity index (χ4v) is 4.00. The van der Waals surface area contributed by atoms with Crippen molar-refractivity contribution in [3.63, 3.8) is 0 Å². The molecule has 1 aliphatic heterocycles. The molecule has 134 valence electrons. The molecule has 3 heteroatoms. The van der Waals surface area contributed by atoms with E-state index < -0.39 is 0 Å². The number of nitrogens with zero attached hydrogens (tertiary/aromatic N) is 1. The van der Waals surface area contributed by atoms with Gasteiger partial charge < -0.3 is 4.90 Å². The molecule has 1 amide bonds. The van der Waals surface area contributed by atoms with E-state index in [4.69, 9.17) is 0 Å². The van der Waals surface area contributed by atoms with E-state index in [1.165, 1.54) is 50.5 Å². The zero-order valence-corrected chi connectivity index (χ0v) is 17.1. The maximum atomic E-state index is 12.6. The molecule has 0 saturated heterocycles. The summed E-state index contributed by atoms with van der Waals surface area (Å²) in [4.78, 5) is 14.6. The van der Waals surface area contributed by atoms with Crippen LogP contribution in [0.15, 0.2) is 22.7 Å². The van der Waals surface area contributed by atoms with Crippen molar-refractivity contribution in [1.82, 2.24) is 0 Å². The molecule has 24 heavy (non-hydrogen) atoms. The molecule has 0 aromatic heterocycles. The Kier molecular flexibility index (Phi) is 7.34. The Morgan fingerprint density at radius 1 is 1.04 bits per heavy atom. The van der Waals surface area contributed by atoms with Crippen LogP contribution in [0, 0.1) is 0 Å². The summed E-state index contributed by atoms with van der Waals surface area (Å²) in [6.07, 6.45) is 11.0. The average molecular weight is 394 g/mol. The van der Waals surface area contributed by atoms with E-state index in [2.05, 4.69) is 54.9 Å². The van der Waals surface area contributed by atoms with Crippen LogP contribution in [0.5, 0.6) is 0 Å². The van der Waals surface area contributed by atoms with E-state index in [0.717, 1.165) is 23.1 Å². The van der Waals surface area contributed by atoms with Gasteiger partial charge in [-0.1, -0.05) is 87.7 Å². The van der Waals surface area contributed by atoms with Crippen molar-refractivity contribution in [3.8, 4) is 0 Å². The molecule has 2 rings (SSSR count). The number of carbonyl (C=O) groups excluding carboxylic acids is 1. The van der Waals surface area contributed by atoms with Crippen molar-refractivity contribution < 1.29 is 4.79 Å². The fourth-order valence-electron chi connectivity index (χ4n) is 3.65. The molecule has 0 aliphatic carbocycles. The quantitative estimate of drug-likeness (QED) is 0.432. The lowest BCUT2D eigenvalue weighted by atomic mass is 9.77. The molecule has 1 aromatic rings. The minimum atomic E-state index is -0.0666. The van der Waals surface area contributed by atoms with Crippen LogP contribution < -0.4 is 4.90 Å². The molecule has 0 N–H and O–H groups in total. The second-order valence-electron chi connectivity index (χ2n) is 7.74. The number of anilines is 1. The van der Waals surface area contributed by atoms with Crippen LogP contribution in [-0.2, 0) is 10.2 Å². The minimum Gasteiger partial charge on any atom is -0.312 e. The van der Waals surface area contributed by atoms with Gasteiger partial charge in [0.25, 0.3) is 0 Å². The predicted molar refractivity (Wildman–Crippen MR) is 107 cm³/mol. The largest absolute Gasteiger partial charge is 0.312 e. The first-order valence-corrected chi connectivity index (χ1v) is 10.4. The van der Waals surface area contributed by atoms with Crippen LogP contribution >= 0.6 is 15.9 Å². The van der Waals surface area contributed by atoms with Crippen molar-refractivity contribution in [2.75, 3.05) is 11.4 Å². The van der Waals surface area contributed by atoms with Crippen LogP contribution in [0.4, 0.5) is 5.69 Å². The van der Waals surface area contributed by atoms with Crippen LogP contribution in [0.3, 0.4) is 0 Å². The zero-order chi connectivity index (χ0) is 17.6. The van der Waals surface area contributed by atoms with E-state index in [0.29, 0.717) is 6.42 Å². The Morgan fingerprint density at radius 2 is 1.67 bits per heavy atom. The van der Waals surface area contributed by atoms with E-state index in [9.17, 15) is 4.79 Å². The second-order valence-corrected chi connectivity index (χ2v) is 8.66. The maximum absolute atomic E-state index is 12.6. The van der Waals surface area contributed by atoms with Crippen molar-refractivity contribution >= 4 is 27.5 Å². The number of hydrogen-bond donors (Lipinski definition) is 0. The van der Waals surface area contributed by atoms with Gasteiger partial charge >= 0.3 is 0 Å². The third kappa shape index (κ3) is 5.08. The van der Waals surface area contributed by atoms with E-state index >= 15 is 0 Å². The highest BCUT2D eigenvalue weighted by atomic mass is 79.9. The van der Waals surface area contributed by atoms with Gasteiger partial charge in [0.2, 0.25) is 5.91 Å². The Hall–Kier alpha value is -0.830. The van der Waals surface area contributed by atoms with Crippen LogP contribution in [-0.4, -0.2) is 12.5 Å². The van der Waals surface area contributed by atoms with Gasteiger partial charge in [-0.2, -0.15) is 0 Å². The highest BCUT2D eigenvalue weighted by molar-refractivity contribution is 9.10. The summed E-state index contributed by atoms with van der Waals surface area (Å²) in [5, 5.41) is 0. The molecule has 0 fully saturated rings. The average Bonchev–Trinajstić information content (AvgIpc) is 2.51. The molecule has 0 atom stereocenters. The number of rotatable bonds is 9. The van der Waals surface area contributed by atoms with Crippen LogP contribution in [0.2, 0.25) is 0 Å². The smallest absolute Gasteiger partial charge is 0.227 e. The lowest BCUT2D eigenvalue weighted by Gasteiger charge is -2.38. The summed E-state index contributed by atoms with van der Waals surface area (Å²) in [5.41, 5.74) is 2.33. The standard InChI is InChI=1S/C21H32BrNO/c1-4-5-6-7-8-9-10-11-14-23-19-15-17(22)12-13-18(19)21(2,3)16-20(23)24/h12-13,15H,4-11,14,16H2,1-3H3. The number of hydrogen-bond acceptors (Lipinski definition) is 1. The first kappa shape index (κ1) is 19.5. The Bertz CT molecular complexity index is 553. The van der Waals surface area contributed by atoms with E-state index in [1.54, 1.807) is 0 Å². The number of halogens is 1. The normalized spacial score (nSPS) is 16.3. The van der Waals surface area contributed by atoms with Gasteiger partial charge in [0.1, 0.15) is 0 Å². The zero-order valence-electron chi connectivity index (χ0n) is 15.5. The van der Waals surface area contributed by atoms with Gasteiger partial charge in [0, 0.05) is 28.5 Å². The molecule has 0 radical (unpaired) electrons. The Balaban J connectivity index is 1.89. The van der Waals surface area contributed by atoms with Gasteiger partial charge in [0.15, 0.2) is 0 Å². The lowest BCUT2D eigenvalue weighted by molar-refractivity contribution is -0.120. The van der Waals surface area contributed by atoms with Crippen molar-refractivity contribution in [3.05, 3.63) is 28.2 Å². The van der Waals surface area contributed by atoms with E-state index in [-0.39, 0.29) is 11.3 Å². The van der Waals surface area contributed by atoms with Gasteiger partial charge in [-0.05, 0) is 24.1 Å². The summed E-state index contributed by atoms with van der Waals surface area (Å²) in [6, 6.07) is 6.37. The summed E-state index contributed by atoms with van der Waals surface area (Å²) in [7, 11) is 0. The first-order chi connectivity index (χ1) is 11.5. The van der Waals surface area contributed by atoms with Gasteiger partial charge in [-0.25, -0.2) is 0 Å². The summed E-state index contributed by atoms with van der Waals surface area (Å²) < 4.78 is 1.05. The third-order valence-electron chi connectivity index (χ3n) is 5.11. The molecule has 1 heterocycles. The molecule has 1 aliphatic rings.